The zero-order valence-corrected chi connectivity index (χ0v) is 18.2. The molecule has 4 rings (SSSR count). The number of carboxylic acids is 1. The van der Waals surface area contributed by atoms with Gasteiger partial charge in [0.15, 0.2) is 0 Å². The van der Waals surface area contributed by atoms with Crippen molar-refractivity contribution in [3.05, 3.63) is 59.7 Å². The van der Waals surface area contributed by atoms with Crippen LogP contribution in [-0.4, -0.2) is 42.3 Å². The molecule has 0 bridgehead atoms. The van der Waals surface area contributed by atoms with Gasteiger partial charge < -0.3 is 20.5 Å². The number of nitrogens with one attached hydrogen (secondary N) is 2. The van der Waals surface area contributed by atoms with Crippen LogP contribution in [0.3, 0.4) is 0 Å². The Hall–Kier alpha value is -3.79. The Morgan fingerprint density at radius 1 is 1.00 bits per heavy atom. The summed E-state index contributed by atoms with van der Waals surface area (Å²) in [6.07, 6.45) is 1.97. The molecule has 2 amide bonds. The zero-order chi connectivity index (χ0) is 23.2. The number of alkyl carbamates (subject to hydrolysis) is 1. The second kappa shape index (κ2) is 10.2. The maximum absolute atomic E-state index is 12.1. The fraction of sp³-hybridized carbons (Fsp3) is 0.346. The highest BCUT2D eigenvalue weighted by Gasteiger charge is 2.29. The van der Waals surface area contributed by atoms with E-state index in [0.29, 0.717) is 12.8 Å². The molecule has 2 aromatic carbocycles. The summed E-state index contributed by atoms with van der Waals surface area (Å²) in [6.45, 7) is 0.187. The Labute approximate surface area is 192 Å². The molecule has 0 aromatic heterocycles. The van der Waals surface area contributed by atoms with Gasteiger partial charge in [0.1, 0.15) is 6.61 Å². The molecule has 2 aliphatic rings. The van der Waals surface area contributed by atoms with Gasteiger partial charge in [0.25, 0.3) is 5.91 Å². The lowest BCUT2D eigenvalue weighted by molar-refractivity contribution is -0.143. The number of fused-ring (bicyclic) bond motifs is 3. The van der Waals surface area contributed by atoms with E-state index in [1.807, 2.05) is 24.3 Å². The Morgan fingerprint density at radius 3 is 2.33 bits per heavy atom. The lowest BCUT2D eigenvalue weighted by Crippen LogP contribution is -2.39. The van der Waals surface area contributed by atoms with E-state index in [-0.39, 0.29) is 25.1 Å². The summed E-state index contributed by atoms with van der Waals surface area (Å²) in [5.41, 5.74) is 4.59. The van der Waals surface area contributed by atoms with Gasteiger partial charge in [-0.1, -0.05) is 60.9 Å². The van der Waals surface area contributed by atoms with Gasteiger partial charge in [0.2, 0.25) is 0 Å². The van der Waals surface area contributed by atoms with Crippen molar-refractivity contribution in [2.75, 3.05) is 13.2 Å². The summed E-state index contributed by atoms with van der Waals surface area (Å²) < 4.78 is 5.43. The van der Waals surface area contributed by atoms with Crippen LogP contribution < -0.4 is 10.6 Å². The van der Waals surface area contributed by atoms with Crippen molar-refractivity contribution in [1.82, 2.24) is 10.6 Å². The maximum atomic E-state index is 12.1. The molecule has 2 aromatic rings. The summed E-state index contributed by atoms with van der Waals surface area (Å²) in [5.74, 6) is 3.30. The van der Waals surface area contributed by atoms with Crippen LogP contribution in [0.1, 0.15) is 42.7 Å². The summed E-state index contributed by atoms with van der Waals surface area (Å²) >= 11 is 0. The molecule has 0 spiro atoms. The fourth-order valence-electron chi connectivity index (χ4n) is 4.66. The number of rotatable bonds is 5. The second-order valence-corrected chi connectivity index (χ2v) is 8.35. The molecular weight excluding hydrogens is 420 g/mol. The van der Waals surface area contributed by atoms with Gasteiger partial charge in [-0.25, -0.2) is 4.79 Å². The number of carbonyl (C=O) groups is 3. The van der Waals surface area contributed by atoms with E-state index in [9.17, 15) is 14.4 Å². The smallest absolute Gasteiger partial charge is 0.407 e. The van der Waals surface area contributed by atoms with Crippen molar-refractivity contribution in [3.8, 4) is 23.0 Å². The van der Waals surface area contributed by atoms with Crippen LogP contribution in [0, 0.1) is 17.8 Å². The Bertz CT molecular complexity index is 1070. The van der Waals surface area contributed by atoms with Crippen LogP contribution in [-0.2, 0) is 14.3 Å². The van der Waals surface area contributed by atoms with E-state index in [1.54, 1.807) is 0 Å². The van der Waals surface area contributed by atoms with E-state index in [4.69, 9.17) is 9.84 Å². The monoisotopic (exact) mass is 446 g/mol. The lowest BCUT2D eigenvalue weighted by Gasteiger charge is -2.26. The standard InChI is InChI=1S/C26H26N2O5/c29-24(28-18-8-5-7-17(15-18)25(30)31)13-6-14-27-26(32)33-16-23-21-11-3-1-9-19(21)20-10-2-4-12-22(20)23/h1-4,9-12,17-18,23H,5,7-8,14-16H2,(H,27,32)(H,28,29)(H,30,31)/t17-,18-/m1/s1. The topological polar surface area (TPSA) is 105 Å². The van der Waals surface area contributed by atoms with Gasteiger partial charge >= 0.3 is 12.1 Å². The molecule has 2 aliphatic carbocycles. The fourth-order valence-corrected chi connectivity index (χ4v) is 4.66. The average Bonchev–Trinajstić information content (AvgIpc) is 3.14. The molecule has 0 aliphatic heterocycles. The van der Waals surface area contributed by atoms with Crippen molar-refractivity contribution in [3.63, 3.8) is 0 Å². The van der Waals surface area contributed by atoms with Gasteiger partial charge in [-0.3, -0.25) is 9.59 Å². The Morgan fingerprint density at radius 2 is 1.67 bits per heavy atom. The van der Waals surface area contributed by atoms with Gasteiger partial charge in [0, 0.05) is 12.0 Å². The first-order valence-electron chi connectivity index (χ1n) is 11.1. The second-order valence-electron chi connectivity index (χ2n) is 8.35. The predicted molar refractivity (Wildman–Crippen MR) is 122 cm³/mol. The third-order valence-electron chi connectivity index (χ3n) is 6.23. The van der Waals surface area contributed by atoms with Crippen LogP contribution in [0.4, 0.5) is 4.79 Å². The lowest BCUT2D eigenvalue weighted by atomic mass is 9.86. The molecule has 7 nitrogen and oxygen atoms in total. The number of benzene rings is 2. The third-order valence-corrected chi connectivity index (χ3v) is 6.23. The van der Waals surface area contributed by atoms with E-state index in [1.165, 1.54) is 0 Å². The highest BCUT2D eigenvalue weighted by Crippen LogP contribution is 2.44. The SMILES string of the molecule is O=C(C#CCNC(=O)OCC1c2ccccc2-c2ccccc21)N[C@@H]1CCC[C@@H](C(=O)O)C1. The van der Waals surface area contributed by atoms with Gasteiger partial charge in [0.05, 0.1) is 12.5 Å². The molecule has 0 unspecified atom stereocenters. The molecule has 1 fully saturated rings. The van der Waals surface area contributed by atoms with Gasteiger partial charge in [-0.15, -0.1) is 0 Å². The molecular formula is C26H26N2O5. The first-order chi connectivity index (χ1) is 16.0. The molecule has 2 atom stereocenters. The molecule has 1 saturated carbocycles. The summed E-state index contributed by atoms with van der Waals surface area (Å²) in [7, 11) is 0. The highest BCUT2D eigenvalue weighted by molar-refractivity contribution is 5.93. The summed E-state index contributed by atoms with van der Waals surface area (Å²) in [6, 6.07) is 16.0. The van der Waals surface area contributed by atoms with Crippen molar-refractivity contribution in [1.29, 1.82) is 0 Å². The van der Waals surface area contributed by atoms with Crippen molar-refractivity contribution in [2.24, 2.45) is 5.92 Å². The number of carbonyl (C=O) groups excluding carboxylic acids is 2. The number of aliphatic carboxylic acids is 1. The van der Waals surface area contributed by atoms with Crippen LogP contribution in [0.25, 0.3) is 11.1 Å². The number of hydrogen-bond donors (Lipinski definition) is 3. The van der Waals surface area contributed by atoms with Crippen molar-refractivity contribution in [2.45, 2.75) is 37.6 Å². The quantitative estimate of drug-likeness (QED) is 0.612. The Balaban J connectivity index is 1.23. The molecule has 7 heteroatoms. The molecule has 0 saturated heterocycles. The average molecular weight is 447 g/mol. The van der Waals surface area contributed by atoms with E-state index < -0.39 is 23.9 Å². The van der Waals surface area contributed by atoms with Crippen molar-refractivity contribution < 1.29 is 24.2 Å². The molecule has 0 radical (unpaired) electrons. The van der Waals surface area contributed by atoms with Gasteiger partial charge in [-0.2, -0.15) is 0 Å². The van der Waals surface area contributed by atoms with Crippen LogP contribution >= 0.6 is 0 Å². The molecule has 170 valence electrons. The molecule has 0 heterocycles. The molecule has 3 N–H and O–H groups in total. The minimum absolute atomic E-state index is 0.0213. The van der Waals surface area contributed by atoms with Gasteiger partial charge in [-0.05, 0) is 47.4 Å². The first-order valence-corrected chi connectivity index (χ1v) is 11.1. The van der Waals surface area contributed by atoms with E-state index in [0.717, 1.165) is 35.1 Å². The Kier molecular flexibility index (Phi) is 6.94. The number of hydrogen-bond acceptors (Lipinski definition) is 4. The number of amides is 2. The third kappa shape index (κ3) is 5.35. The van der Waals surface area contributed by atoms with E-state index in [2.05, 4.69) is 46.7 Å². The minimum atomic E-state index is -0.827. The largest absolute Gasteiger partial charge is 0.481 e. The highest BCUT2D eigenvalue weighted by atomic mass is 16.5. The number of ether oxygens (including phenoxy) is 1. The van der Waals surface area contributed by atoms with E-state index >= 15 is 0 Å². The maximum Gasteiger partial charge on any atom is 0.407 e. The predicted octanol–water partition coefficient (Wildman–Crippen LogP) is 3.29. The normalized spacial score (nSPS) is 18.8. The zero-order valence-electron chi connectivity index (χ0n) is 18.2. The summed E-state index contributed by atoms with van der Waals surface area (Å²) in [4.78, 5) is 35.2. The van der Waals surface area contributed by atoms with Crippen LogP contribution in [0.5, 0.6) is 0 Å². The minimum Gasteiger partial charge on any atom is -0.481 e. The molecule has 33 heavy (non-hydrogen) atoms. The van der Waals surface area contributed by atoms with Crippen molar-refractivity contribution >= 4 is 18.0 Å². The van der Waals surface area contributed by atoms with Crippen LogP contribution in [0.15, 0.2) is 48.5 Å². The first kappa shape index (κ1) is 22.4. The summed E-state index contributed by atoms with van der Waals surface area (Å²) in [5, 5.41) is 14.4. The van der Waals surface area contributed by atoms with Crippen LogP contribution in [0.2, 0.25) is 0 Å². The number of carboxylic acid groups (broad SMARTS) is 1.